The molecule has 0 bridgehead atoms. The molecule has 0 unspecified atom stereocenters. The molecule has 1 heterocycles. The van der Waals surface area contributed by atoms with Gasteiger partial charge in [-0.2, -0.15) is 0 Å². The van der Waals surface area contributed by atoms with E-state index in [1.54, 1.807) is 0 Å². The molecule has 1 aliphatic heterocycles. The van der Waals surface area contributed by atoms with Crippen molar-refractivity contribution < 1.29 is 0 Å². The van der Waals surface area contributed by atoms with Crippen LogP contribution in [0.3, 0.4) is 0 Å². The highest BCUT2D eigenvalue weighted by Gasteiger charge is 2.40. The van der Waals surface area contributed by atoms with Crippen LogP contribution in [0.1, 0.15) is 39.0 Å². The van der Waals surface area contributed by atoms with Crippen LogP contribution in [-0.2, 0) is 0 Å². The number of piperidine rings is 1. The van der Waals surface area contributed by atoms with Crippen LogP contribution in [-0.4, -0.2) is 18.0 Å². The van der Waals surface area contributed by atoms with Crippen molar-refractivity contribution in [2.24, 2.45) is 5.41 Å². The first-order valence-corrected chi connectivity index (χ1v) is 5.12. The van der Waals surface area contributed by atoms with Crippen LogP contribution in [0.2, 0.25) is 0 Å². The standard InChI is InChI=1S/C11H19N/c1-10(2)12-8-4-7-11(9-12)5-3-6-11/h1,3-9H2,2H3. The number of nitrogens with zero attached hydrogens (tertiary/aromatic N) is 1. The van der Waals surface area contributed by atoms with Crippen molar-refractivity contribution in [3.8, 4) is 0 Å². The van der Waals surface area contributed by atoms with Crippen molar-refractivity contribution >= 4 is 0 Å². The fourth-order valence-corrected chi connectivity index (χ4v) is 2.62. The summed E-state index contributed by atoms with van der Waals surface area (Å²) in [6.45, 7) is 8.71. The van der Waals surface area contributed by atoms with Crippen LogP contribution in [0.15, 0.2) is 12.3 Å². The van der Waals surface area contributed by atoms with E-state index in [0.717, 1.165) is 5.41 Å². The summed E-state index contributed by atoms with van der Waals surface area (Å²) < 4.78 is 0. The Morgan fingerprint density at radius 2 is 1.92 bits per heavy atom. The average molecular weight is 165 g/mol. The fourth-order valence-electron chi connectivity index (χ4n) is 2.62. The maximum Gasteiger partial charge on any atom is 0.0231 e. The highest BCUT2D eigenvalue weighted by Crippen LogP contribution is 2.47. The van der Waals surface area contributed by atoms with E-state index >= 15 is 0 Å². The monoisotopic (exact) mass is 165 g/mol. The summed E-state index contributed by atoms with van der Waals surface area (Å²) in [5.74, 6) is 0. The fraction of sp³-hybridized carbons (Fsp3) is 0.818. The minimum atomic E-state index is 0.719. The Labute approximate surface area is 75.4 Å². The molecule has 0 aromatic carbocycles. The summed E-state index contributed by atoms with van der Waals surface area (Å²) >= 11 is 0. The molecule has 0 radical (unpaired) electrons. The van der Waals surface area contributed by atoms with Crippen LogP contribution < -0.4 is 0 Å². The van der Waals surface area contributed by atoms with E-state index in [1.807, 2.05) is 0 Å². The zero-order chi connectivity index (χ0) is 8.60. The van der Waals surface area contributed by atoms with Crippen molar-refractivity contribution in [1.82, 2.24) is 4.90 Å². The smallest absolute Gasteiger partial charge is 0.0231 e. The van der Waals surface area contributed by atoms with Crippen molar-refractivity contribution in [1.29, 1.82) is 0 Å². The van der Waals surface area contributed by atoms with Gasteiger partial charge in [-0.05, 0) is 38.0 Å². The van der Waals surface area contributed by atoms with Crippen LogP contribution >= 0.6 is 0 Å². The Morgan fingerprint density at radius 3 is 2.42 bits per heavy atom. The van der Waals surface area contributed by atoms with Gasteiger partial charge in [0.1, 0.15) is 0 Å². The van der Waals surface area contributed by atoms with Gasteiger partial charge in [0.2, 0.25) is 0 Å². The number of likely N-dealkylation sites (tertiary alicyclic amines) is 1. The van der Waals surface area contributed by atoms with E-state index in [0.29, 0.717) is 0 Å². The van der Waals surface area contributed by atoms with Gasteiger partial charge in [-0.1, -0.05) is 13.0 Å². The molecule has 0 amide bonds. The summed E-state index contributed by atoms with van der Waals surface area (Å²) in [4.78, 5) is 2.47. The Hall–Kier alpha value is -0.460. The largest absolute Gasteiger partial charge is 0.375 e. The molecule has 1 nitrogen and oxygen atoms in total. The van der Waals surface area contributed by atoms with Gasteiger partial charge in [0, 0.05) is 18.8 Å². The Morgan fingerprint density at radius 1 is 1.25 bits per heavy atom. The molecule has 1 aliphatic carbocycles. The first-order chi connectivity index (χ1) is 5.72. The second-order valence-corrected chi connectivity index (χ2v) is 4.61. The number of hydrogen-bond acceptors (Lipinski definition) is 1. The lowest BCUT2D eigenvalue weighted by atomic mass is 9.64. The molecule has 0 N–H and O–H groups in total. The summed E-state index contributed by atoms with van der Waals surface area (Å²) in [5, 5.41) is 0. The maximum atomic E-state index is 4.03. The highest BCUT2D eigenvalue weighted by molar-refractivity contribution is 4.99. The molecule has 2 aliphatic rings. The van der Waals surface area contributed by atoms with Gasteiger partial charge in [0.25, 0.3) is 0 Å². The summed E-state index contributed by atoms with van der Waals surface area (Å²) in [6, 6.07) is 0. The lowest BCUT2D eigenvalue weighted by molar-refractivity contribution is 0.0365. The molecule has 1 heteroatoms. The van der Waals surface area contributed by atoms with Gasteiger partial charge in [-0.25, -0.2) is 0 Å². The van der Waals surface area contributed by atoms with E-state index in [1.165, 1.54) is 50.9 Å². The van der Waals surface area contributed by atoms with Gasteiger partial charge >= 0.3 is 0 Å². The third-order valence-electron chi connectivity index (χ3n) is 3.62. The van der Waals surface area contributed by atoms with Crippen molar-refractivity contribution in [3.63, 3.8) is 0 Å². The zero-order valence-corrected chi connectivity index (χ0v) is 8.10. The second-order valence-electron chi connectivity index (χ2n) is 4.61. The maximum absolute atomic E-state index is 4.03. The molecule has 0 atom stereocenters. The second kappa shape index (κ2) is 2.79. The predicted octanol–water partition coefficient (Wildman–Crippen LogP) is 2.79. The average Bonchev–Trinajstić information content (AvgIpc) is 2.02. The molecular weight excluding hydrogens is 146 g/mol. The van der Waals surface area contributed by atoms with Gasteiger partial charge in [-0.3, -0.25) is 0 Å². The van der Waals surface area contributed by atoms with Crippen molar-refractivity contribution in [3.05, 3.63) is 12.3 Å². The third-order valence-corrected chi connectivity index (χ3v) is 3.62. The first-order valence-electron chi connectivity index (χ1n) is 5.12. The number of hydrogen-bond donors (Lipinski definition) is 0. The molecule has 68 valence electrons. The molecular formula is C11H19N. The molecule has 0 aromatic heterocycles. The SMILES string of the molecule is C=C(C)N1CCCC2(CCC2)C1. The Kier molecular flexibility index (Phi) is 1.90. The summed E-state index contributed by atoms with van der Waals surface area (Å²) in [5.41, 5.74) is 1.98. The molecule has 0 aromatic rings. The van der Waals surface area contributed by atoms with Gasteiger partial charge in [-0.15, -0.1) is 0 Å². The molecule has 2 fully saturated rings. The van der Waals surface area contributed by atoms with Crippen molar-refractivity contribution in [2.45, 2.75) is 39.0 Å². The lowest BCUT2D eigenvalue weighted by Gasteiger charge is -2.49. The van der Waals surface area contributed by atoms with Crippen LogP contribution in [0.25, 0.3) is 0 Å². The summed E-state index contributed by atoms with van der Waals surface area (Å²) in [6.07, 6.45) is 7.25. The minimum Gasteiger partial charge on any atom is -0.375 e. The van der Waals surface area contributed by atoms with Crippen LogP contribution in [0.4, 0.5) is 0 Å². The number of rotatable bonds is 1. The zero-order valence-electron chi connectivity index (χ0n) is 8.10. The van der Waals surface area contributed by atoms with E-state index in [-0.39, 0.29) is 0 Å². The normalized spacial score (nSPS) is 26.9. The highest BCUT2D eigenvalue weighted by atomic mass is 15.1. The van der Waals surface area contributed by atoms with Crippen LogP contribution in [0, 0.1) is 5.41 Å². The summed E-state index contributed by atoms with van der Waals surface area (Å²) in [7, 11) is 0. The topological polar surface area (TPSA) is 3.24 Å². The van der Waals surface area contributed by atoms with Gasteiger partial charge in [0.15, 0.2) is 0 Å². The van der Waals surface area contributed by atoms with Gasteiger partial charge in [0.05, 0.1) is 0 Å². The Bertz CT molecular complexity index is 191. The molecule has 1 saturated carbocycles. The third kappa shape index (κ3) is 1.26. The molecule has 1 saturated heterocycles. The molecule has 2 rings (SSSR count). The lowest BCUT2D eigenvalue weighted by Crippen LogP contribution is -2.45. The van der Waals surface area contributed by atoms with E-state index in [9.17, 15) is 0 Å². The molecule has 1 spiro atoms. The van der Waals surface area contributed by atoms with E-state index in [4.69, 9.17) is 0 Å². The first kappa shape index (κ1) is 8.15. The van der Waals surface area contributed by atoms with E-state index in [2.05, 4.69) is 18.4 Å². The van der Waals surface area contributed by atoms with Gasteiger partial charge < -0.3 is 4.90 Å². The Balaban J connectivity index is 1.98. The van der Waals surface area contributed by atoms with Crippen LogP contribution in [0.5, 0.6) is 0 Å². The molecule has 12 heavy (non-hydrogen) atoms. The number of allylic oxidation sites excluding steroid dienone is 1. The van der Waals surface area contributed by atoms with E-state index < -0.39 is 0 Å². The van der Waals surface area contributed by atoms with Crippen molar-refractivity contribution in [2.75, 3.05) is 13.1 Å². The predicted molar refractivity (Wildman–Crippen MR) is 51.9 cm³/mol. The minimum absolute atomic E-state index is 0.719. The quantitative estimate of drug-likeness (QED) is 0.577.